The van der Waals surface area contributed by atoms with Crippen molar-refractivity contribution in [3.63, 3.8) is 0 Å². The fourth-order valence-electron chi connectivity index (χ4n) is 2.19. The van der Waals surface area contributed by atoms with Gasteiger partial charge in [0, 0.05) is 12.1 Å². The van der Waals surface area contributed by atoms with Crippen LogP contribution >= 0.6 is 11.8 Å². The zero-order valence-corrected chi connectivity index (χ0v) is 14.2. The van der Waals surface area contributed by atoms with Crippen LogP contribution in [-0.4, -0.2) is 35.6 Å². The van der Waals surface area contributed by atoms with E-state index in [1.54, 1.807) is 0 Å². The molecule has 0 saturated carbocycles. The first-order chi connectivity index (χ1) is 9.54. The Hall–Kier alpha value is -0.670. The van der Waals surface area contributed by atoms with E-state index in [9.17, 15) is 5.11 Å². The van der Waals surface area contributed by atoms with Gasteiger partial charge in [-0.3, -0.25) is 0 Å². The molecule has 1 aromatic carbocycles. The van der Waals surface area contributed by atoms with Crippen molar-refractivity contribution in [3.05, 3.63) is 29.3 Å². The Morgan fingerprint density at radius 3 is 2.65 bits per heavy atom. The Morgan fingerprint density at radius 2 is 2.00 bits per heavy atom. The number of aromatic hydroxyl groups is 1. The molecule has 0 fully saturated rings. The number of thioether (sulfide) groups is 1. The topological polar surface area (TPSA) is 23.5 Å². The lowest BCUT2D eigenvalue weighted by molar-refractivity contribution is 0.385. The van der Waals surface area contributed by atoms with Crippen molar-refractivity contribution in [1.82, 2.24) is 4.90 Å². The molecule has 2 nitrogen and oxygen atoms in total. The summed E-state index contributed by atoms with van der Waals surface area (Å²) in [4.78, 5) is 2.09. The third-order valence-electron chi connectivity index (χ3n) is 3.42. The molecule has 0 heterocycles. The van der Waals surface area contributed by atoms with E-state index in [2.05, 4.69) is 30.9 Å². The molecule has 0 bridgehead atoms. The average Bonchev–Trinajstić information content (AvgIpc) is 2.40. The summed E-state index contributed by atoms with van der Waals surface area (Å²) in [5.41, 5.74) is 2.36. The highest BCUT2D eigenvalue weighted by Crippen LogP contribution is 2.26. The van der Waals surface area contributed by atoms with E-state index in [-0.39, 0.29) is 0 Å². The van der Waals surface area contributed by atoms with Crippen molar-refractivity contribution in [1.29, 1.82) is 0 Å². The molecular formula is C17H29NOS. The summed E-state index contributed by atoms with van der Waals surface area (Å²) in [6.45, 7) is 5.31. The predicted molar refractivity (Wildman–Crippen MR) is 90.8 cm³/mol. The van der Waals surface area contributed by atoms with E-state index >= 15 is 0 Å². The normalized spacial score (nSPS) is 12.8. The van der Waals surface area contributed by atoms with Crippen LogP contribution in [0.15, 0.2) is 18.2 Å². The van der Waals surface area contributed by atoms with Crippen molar-refractivity contribution < 1.29 is 5.11 Å². The molecular weight excluding hydrogens is 266 g/mol. The molecule has 3 heteroatoms. The lowest BCUT2D eigenvalue weighted by atomic mass is 10.00. The Balaban J connectivity index is 2.52. The summed E-state index contributed by atoms with van der Waals surface area (Å²) in [7, 11) is 4.05. The molecule has 1 unspecified atom stereocenters. The maximum absolute atomic E-state index is 9.91. The molecule has 0 radical (unpaired) electrons. The van der Waals surface area contributed by atoms with Crippen LogP contribution < -0.4 is 0 Å². The fourth-order valence-corrected chi connectivity index (χ4v) is 3.31. The highest BCUT2D eigenvalue weighted by atomic mass is 32.2. The fraction of sp³-hybridized carbons (Fsp3) is 0.647. The van der Waals surface area contributed by atoms with Gasteiger partial charge < -0.3 is 10.0 Å². The number of rotatable bonds is 9. The van der Waals surface area contributed by atoms with Crippen LogP contribution in [0.3, 0.4) is 0 Å². The quantitative estimate of drug-likeness (QED) is 0.679. The predicted octanol–water partition coefficient (Wildman–Crippen LogP) is 4.48. The van der Waals surface area contributed by atoms with Crippen molar-refractivity contribution >= 4 is 11.8 Å². The number of hydrogen-bond acceptors (Lipinski definition) is 3. The number of benzene rings is 1. The molecule has 0 aliphatic heterocycles. The summed E-state index contributed by atoms with van der Waals surface area (Å²) in [5.74, 6) is 3.38. The third kappa shape index (κ3) is 6.19. The SMILES string of the molecule is CCCCCSCC(C)c1ccc(O)c(CN(C)C)c1. The van der Waals surface area contributed by atoms with Crippen molar-refractivity contribution in [2.45, 2.75) is 45.6 Å². The molecule has 0 spiro atoms. The summed E-state index contributed by atoms with van der Waals surface area (Å²) < 4.78 is 0. The van der Waals surface area contributed by atoms with Crippen LogP contribution in [0.5, 0.6) is 5.75 Å². The standard InChI is InChI=1S/C17H29NOS/c1-5-6-7-10-20-13-14(2)15-8-9-17(19)16(11-15)12-18(3)4/h8-9,11,14,19H,5-7,10,12-13H2,1-4H3. The van der Waals surface area contributed by atoms with Crippen LogP contribution in [0.25, 0.3) is 0 Å². The number of phenols is 1. The Bertz CT molecular complexity index is 393. The largest absolute Gasteiger partial charge is 0.508 e. The lowest BCUT2D eigenvalue weighted by Crippen LogP contribution is -2.11. The van der Waals surface area contributed by atoms with E-state index in [0.717, 1.165) is 17.9 Å². The number of nitrogens with zero attached hydrogens (tertiary/aromatic N) is 1. The van der Waals surface area contributed by atoms with Gasteiger partial charge in [-0.05, 0) is 49.6 Å². The summed E-state index contributed by atoms with van der Waals surface area (Å²) in [6.07, 6.45) is 3.96. The lowest BCUT2D eigenvalue weighted by Gasteiger charge is -2.16. The van der Waals surface area contributed by atoms with Gasteiger partial charge in [0.25, 0.3) is 0 Å². The van der Waals surface area contributed by atoms with Gasteiger partial charge in [-0.15, -0.1) is 0 Å². The zero-order chi connectivity index (χ0) is 15.0. The second kappa shape index (κ2) is 9.30. The summed E-state index contributed by atoms with van der Waals surface area (Å²) >= 11 is 2.05. The van der Waals surface area contributed by atoms with Crippen LogP contribution in [0.4, 0.5) is 0 Å². The minimum Gasteiger partial charge on any atom is -0.508 e. The van der Waals surface area contributed by atoms with Crippen molar-refractivity contribution in [2.24, 2.45) is 0 Å². The van der Waals surface area contributed by atoms with Gasteiger partial charge in [-0.2, -0.15) is 11.8 Å². The molecule has 1 atom stereocenters. The highest BCUT2D eigenvalue weighted by molar-refractivity contribution is 7.99. The first-order valence-corrected chi connectivity index (χ1v) is 8.74. The third-order valence-corrected chi connectivity index (χ3v) is 4.73. The van der Waals surface area contributed by atoms with Crippen LogP contribution in [0.2, 0.25) is 0 Å². The summed E-state index contributed by atoms with van der Waals surface area (Å²) in [5, 5.41) is 9.91. The molecule has 0 aromatic heterocycles. The van der Waals surface area contributed by atoms with E-state index in [1.165, 1.54) is 30.6 Å². The minimum absolute atomic E-state index is 0.408. The monoisotopic (exact) mass is 295 g/mol. The maximum atomic E-state index is 9.91. The Labute approximate surface area is 128 Å². The first kappa shape index (κ1) is 17.4. The number of hydrogen-bond donors (Lipinski definition) is 1. The number of phenolic OH excluding ortho intramolecular Hbond substituents is 1. The van der Waals surface area contributed by atoms with Crippen LogP contribution in [0, 0.1) is 0 Å². The van der Waals surface area contributed by atoms with Gasteiger partial charge in [-0.25, -0.2) is 0 Å². The summed E-state index contributed by atoms with van der Waals surface area (Å²) in [6, 6.07) is 6.06. The van der Waals surface area contributed by atoms with E-state index in [1.807, 2.05) is 31.9 Å². The van der Waals surface area contributed by atoms with Crippen molar-refractivity contribution in [2.75, 3.05) is 25.6 Å². The van der Waals surface area contributed by atoms with Crippen LogP contribution in [-0.2, 0) is 6.54 Å². The number of unbranched alkanes of at least 4 members (excludes halogenated alkanes) is 2. The zero-order valence-electron chi connectivity index (χ0n) is 13.4. The van der Waals surface area contributed by atoms with Crippen LogP contribution in [0.1, 0.15) is 50.2 Å². The van der Waals surface area contributed by atoms with Gasteiger partial charge in [0.15, 0.2) is 0 Å². The van der Waals surface area contributed by atoms with Gasteiger partial charge >= 0.3 is 0 Å². The van der Waals surface area contributed by atoms with Gasteiger partial charge in [-0.1, -0.05) is 38.8 Å². The van der Waals surface area contributed by atoms with E-state index in [4.69, 9.17) is 0 Å². The molecule has 0 aliphatic carbocycles. The molecule has 0 amide bonds. The molecule has 1 rings (SSSR count). The van der Waals surface area contributed by atoms with E-state index < -0.39 is 0 Å². The average molecular weight is 295 g/mol. The first-order valence-electron chi connectivity index (χ1n) is 7.58. The second-order valence-electron chi connectivity index (χ2n) is 5.81. The molecule has 0 aliphatic rings. The maximum Gasteiger partial charge on any atom is 0.120 e. The molecule has 1 aromatic rings. The Morgan fingerprint density at radius 1 is 1.25 bits per heavy atom. The van der Waals surface area contributed by atoms with E-state index in [0.29, 0.717) is 11.7 Å². The minimum atomic E-state index is 0.408. The smallest absolute Gasteiger partial charge is 0.120 e. The van der Waals surface area contributed by atoms with Crippen molar-refractivity contribution in [3.8, 4) is 5.75 Å². The second-order valence-corrected chi connectivity index (χ2v) is 6.96. The van der Waals surface area contributed by atoms with Gasteiger partial charge in [0.2, 0.25) is 0 Å². The molecule has 20 heavy (non-hydrogen) atoms. The van der Waals surface area contributed by atoms with Gasteiger partial charge in [0.05, 0.1) is 0 Å². The van der Waals surface area contributed by atoms with Gasteiger partial charge in [0.1, 0.15) is 5.75 Å². The highest BCUT2D eigenvalue weighted by Gasteiger charge is 2.09. The molecule has 1 N–H and O–H groups in total. The molecule has 0 saturated heterocycles. The molecule has 114 valence electrons. The Kier molecular flexibility index (Phi) is 8.08.